The van der Waals surface area contributed by atoms with E-state index in [0.29, 0.717) is 17.5 Å². The summed E-state index contributed by atoms with van der Waals surface area (Å²) < 4.78 is 0. The molecule has 16 heavy (non-hydrogen) atoms. The zero-order valence-corrected chi connectivity index (χ0v) is 10.5. The number of hydrogen-bond acceptors (Lipinski definition) is 3. The van der Waals surface area contributed by atoms with Crippen molar-refractivity contribution in [2.45, 2.75) is 33.7 Å². The van der Waals surface area contributed by atoms with E-state index in [0.717, 1.165) is 18.6 Å². The first-order valence-electron chi connectivity index (χ1n) is 5.72. The van der Waals surface area contributed by atoms with Crippen LogP contribution in [0, 0.1) is 5.92 Å². The normalized spacial score (nSPS) is 10.9. The molecule has 1 rings (SSSR count). The van der Waals surface area contributed by atoms with E-state index in [9.17, 15) is 4.79 Å². The maximum atomic E-state index is 10.5. The Morgan fingerprint density at radius 2 is 2.00 bits per heavy atom. The average molecular weight is 220 g/mol. The quantitative estimate of drug-likeness (QED) is 0.715. The highest BCUT2D eigenvalue weighted by molar-refractivity contribution is 5.74. The molecule has 0 unspecified atom stereocenters. The summed E-state index contributed by atoms with van der Waals surface area (Å²) in [4.78, 5) is 17.1. The number of nitrogens with zero attached hydrogens (tertiary/aromatic N) is 2. The van der Waals surface area contributed by atoms with Gasteiger partial charge in [0, 0.05) is 24.3 Å². The molecule has 88 valence electrons. The summed E-state index contributed by atoms with van der Waals surface area (Å²) in [6.45, 7) is 9.66. The molecule has 0 radical (unpaired) electrons. The van der Waals surface area contributed by atoms with E-state index in [2.05, 4.69) is 37.6 Å². The van der Waals surface area contributed by atoms with E-state index in [4.69, 9.17) is 0 Å². The summed E-state index contributed by atoms with van der Waals surface area (Å²) in [5.41, 5.74) is 0.622. The maximum absolute atomic E-state index is 10.5. The molecule has 0 saturated carbocycles. The fraction of sp³-hybridized carbons (Fsp3) is 0.538. The topological polar surface area (TPSA) is 33.2 Å². The zero-order valence-electron chi connectivity index (χ0n) is 10.5. The number of anilines is 1. The van der Waals surface area contributed by atoms with E-state index in [1.54, 1.807) is 6.20 Å². The Morgan fingerprint density at radius 3 is 2.38 bits per heavy atom. The number of aldehydes is 1. The third kappa shape index (κ3) is 3.33. The molecule has 0 aromatic carbocycles. The Balaban J connectivity index is 2.88. The molecule has 0 aliphatic rings. The molecule has 0 spiro atoms. The number of carbonyl (C=O) groups excluding carboxylic acids is 1. The van der Waals surface area contributed by atoms with Gasteiger partial charge >= 0.3 is 0 Å². The molecule has 0 amide bonds. The van der Waals surface area contributed by atoms with E-state index in [-0.39, 0.29) is 0 Å². The van der Waals surface area contributed by atoms with E-state index < -0.39 is 0 Å². The third-order valence-electron chi connectivity index (χ3n) is 2.39. The number of aromatic nitrogens is 1. The van der Waals surface area contributed by atoms with Crippen LogP contribution in [0.2, 0.25) is 0 Å². The van der Waals surface area contributed by atoms with Gasteiger partial charge in [-0.2, -0.15) is 0 Å². The van der Waals surface area contributed by atoms with E-state index >= 15 is 0 Å². The van der Waals surface area contributed by atoms with Crippen LogP contribution in [0.3, 0.4) is 0 Å². The first-order valence-corrected chi connectivity index (χ1v) is 5.72. The second-order valence-corrected chi connectivity index (χ2v) is 4.71. The third-order valence-corrected chi connectivity index (χ3v) is 2.39. The first kappa shape index (κ1) is 12.7. The minimum Gasteiger partial charge on any atom is -0.354 e. The van der Waals surface area contributed by atoms with Crippen molar-refractivity contribution in [3.63, 3.8) is 0 Å². The lowest BCUT2D eigenvalue weighted by Gasteiger charge is -2.29. The van der Waals surface area contributed by atoms with Crippen LogP contribution in [0.25, 0.3) is 0 Å². The molecule has 0 bridgehead atoms. The molecule has 0 saturated heterocycles. The second-order valence-electron chi connectivity index (χ2n) is 4.71. The van der Waals surface area contributed by atoms with Crippen LogP contribution in [-0.4, -0.2) is 23.9 Å². The van der Waals surface area contributed by atoms with Gasteiger partial charge in [-0.05, 0) is 31.9 Å². The predicted molar refractivity (Wildman–Crippen MR) is 66.9 cm³/mol. The molecule has 0 aliphatic carbocycles. The van der Waals surface area contributed by atoms with Crippen LogP contribution in [-0.2, 0) is 0 Å². The van der Waals surface area contributed by atoms with Gasteiger partial charge in [0.15, 0.2) is 6.29 Å². The molecule has 3 heteroatoms. The van der Waals surface area contributed by atoms with Crippen LogP contribution in [0.1, 0.15) is 38.1 Å². The number of carbonyl (C=O) groups is 1. The lowest BCUT2D eigenvalue weighted by molar-refractivity contribution is 0.112. The Morgan fingerprint density at radius 1 is 1.31 bits per heavy atom. The molecule has 0 N–H and O–H groups in total. The van der Waals surface area contributed by atoms with Gasteiger partial charge in [-0.25, -0.2) is 4.98 Å². The molecule has 1 aromatic rings. The Labute approximate surface area is 97.5 Å². The minimum atomic E-state index is 0.414. The zero-order chi connectivity index (χ0) is 12.1. The van der Waals surface area contributed by atoms with Crippen molar-refractivity contribution in [1.82, 2.24) is 4.98 Å². The van der Waals surface area contributed by atoms with Crippen molar-refractivity contribution in [1.29, 1.82) is 0 Å². The monoisotopic (exact) mass is 220 g/mol. The smallest absolute Gasteiger partial charge is 0.151 e. The van der Waals surface area contributed by atoms with Gasteiger partial charge < -0.3 is 4.90 Å². The molecule has 3 nitrogen and oxygen atoms in total. The summed E-state index contributed by atoms with van der Waals surface area (Å²) in [5, 5.41) is 0. The Bertz CT molecular complexity index is 330. The number of pyridine rings is 1. The van der Waals surface area contributed by atoms with Gasteiger partial charge in [0.05, 0.1) is 0 Å². The van der Waals surface area contributed by atoms with Gasteiger partial charge in [0.1, 0.15) is 5.82 Å². The first-order chi connectivity index (χ1) is 7.54. The predicted octanol–water partition coefficient (Wildman–Crippen LogP) is 2.76. The summed E-state index contributed by atoms with van der Waals surface area (Å²) >= 11 is 0. The van der Waals surface area contributed by atoms with Crippen LogP contribution in [0.5, 0.6) is 0 Å². The Hall–Kier alpha value is -1.38. The molecule has 0 aliphatic heterocycles. The molecule has 1 aromatic heterocycles. The summed E-state index contributed by atoms with van der Waals surface area (Å²) in [6, 6.07) is 4.13. The Kier molecular flexibility index (Phi) is 4.47. The second kappa shape index (κ2) is 5.64. The SMILES string of the molecule is CC(C)CN(c1ccc(C=O)cn1)C(C)C. The van der Waals surface area contributed by atoms with Gasteiger partial charge in [-0.15, -0.1) is 0 Å². The largest absolute Gasteiger partial charge is 0.354 e. The highest BCUT2D eigenvalue weighted by Crippen LogP contribution is 2.15. The van der Waals surface area contributed by atoms with Crippen molar-refractivity contribution in [3.05, 3.63) is 23.9 Å². The average Bonchev–Trinajstić information content (AvgIpc) is 2.25. The summed E-state index contributed by atoms with van der Waals surface area (Å²) in [5.74, 6) is 1.53. The van der Waals surface area contributed by atoms with Gasteiger partial charge in [0.25, 0.3) is 0 Å². The summed E-state index contributed by atoms with van der Waals surface area (Å²) in [6.07, 6.45) is 2.44. The van der Waals surface area contributed by atoms with Crippen LogP contribution >= 0.6 is 0 Å². The molecular formula is C13H20N2O. The fourth-order valence-electron chi connectivity index (χ4n) is 1.60. The van der Waals surface area contributed by atoms with Crippen molar-refractivity contribution in [3.8, 4) is 0 Å². The fourth-order valence-corrected chi connectivity index (χ4v) is 1.60. The van der Waals surface area contributed by atoms with Crippen LogP contribution in [0.4, 0.5) is 5.82 Å². The van der Waals surface area contributed by atoms with E-state index in [1.807, 2.05) is 12.1 Å². The standard InChI is InChI=1S/C13H20N2O/c1-10(2)8-15(11(3)4)13-6-5-12(9-16)7-14-13/h5-7,9-11H,8H2,1-4H3. The molecular weight excluding hydrogens is 200 g/mol. The number of rotatable bonds is 5. The van der Waals surface area contributed by atoms with Crippen LogP contribution < -0.4 is 4.90 Å². The number of hydrogen-bond donors (Lipinski definition) is 0. The van der Waals surface area contributed by atoms with Gasteiger partial charge in [-0.3, -0.25) is 4.79 Å². The molecule has 0 atom stereocenters. The highest BCUT2D eigenvalue weighted by atomic mass is 16.1. The van der Waals surface area contributed by atoms with E-state index in [1.165, 1.54) is 0 Å². The maximum Gasteiger partial charge on any atom is 0.151 e. The minimum absolute atomic E-state index is 0.414. The van der Waals surface area contributed by atoms with Crippen molar-refractivity contribution < 1.29 is 4.79 Å². The van der Waals surface area contributed by atoms with Gasteiger partial charge in [-0.1, -0.05) is 13.8 Å². The lowest BCUT2D eigenvalue weighted by Crippen LogP contribution is -2.34. The van der Waals surface area contributed by atoms with Crippen molar-refractivity contribution >= 4 is 12.1 Å². The van der Waals surface area contributed by atoms with Crippen molar-refractivity contribution in [2.75, 3.05) is 11.4 Å². The lowest BCUT2D eigenvalue weighted by atomic mass is 10.1. The molecule has 1 heterocycles. The van der Waals surface area contributed by atoms with Crippen LogP contribution in [0.15, 0.2) is 18.3 Å². The molecule has 0 fully saturated rings. The summed E-state index contributed by atoms with van der Waals surface area (Å²) in [7, 11) is 0. The van der Waals surface area contributed by atoms with Gasteiger partial charge in [0.2, 0.25) is 0 Å². The highest BCUT2D eigenvalue weighted by Gasteiger charge is 2.12. The van der Waals surface area contributed by atoms with Crippen molar-refractivity contribution in [2.24, 2.45) is 5.92 Å².